The van der Waals surface area contributed by atoms with E-state index in [-0.39, 0.29) is 0 Å². The molecular formula is C25H20O4. The van der Waals surface area contributed by atoms with Crippen LogP contribution in [0, 0.1) is 0 Å². The molecule has 144 valence electrons. The van der Waals surface area contributed by atoms with Gasteiger partial charge in [-0.3, -0.25) is 0 Å². The first-order valence-corrected chi connectivity index (χ1v) is 9.10. The maximum Gasteiger partial charge on any atom is 0.343 e. The minimum absolute atomic E-state index is 0.303. The van der Waals surface area contributed by atoms with Crippen molar-refractivity contribution in [2.75, 3.05) is 0 Å². The van der Waals surface area contributed by atoms with Crippen molar-refractivity contribution in [3.05, 3.63) is 109 Å². The summed E-state index contributed by atoms with van der Waals surface area (Å²) in [5, 5.41) is 1.33. The zero-order valence-corrected chi connectivity index (χ0v) is 16.0. The molecule has 3 aromatic rings. The molecule has 3 rings (SSSR count). The molecule has 0 spiro atoms. The maximum absolute atomic E-state index is 12.5. The molecule has 0 saturated carbocycles. The van der Waals surface area contributed by atoms with Crippen molar-refractivity contribution in [2.45, 2.75) is 6.92 Å². The summed E-state index contributed by atoms with van der Waals surface area (Å²) in [4.78, 5) is 25.0. The Morgan fingerprint density at radius 2 is 1.52 bits per heavy atom. The number of ether oxygens (including phenoxy) is 2. The van der Waals surface area contributed by atoms with E-state index in [1.807, 2.05) is 25.1 Å². The van der Waals surface area contributed by atoms with Gasteiger partial charge in [-0.05, 0) is 42.7 Å². The van der Waals surface area contributed by atoms with Crippen molar-refractivity contribution in [3.63, 3.8) is 0 Å². The van der Waals surface area contributed by atoms with Crippen molar-refractivity contribution in [3.8, 4) is 11.5 Å². The van der Waals surface area contributed by atoms with Crippen LogP contribution < -0.4 is 9.47 Å². The van der Waals surface area contributed by atoms with Gasteiger partial charge in [0, 0.05) is 0 Å². The molecule has 0 aliphatic carbocycles. The minimum atomic E-state index is -0.546. The Labute approximate surface area is 169 Å². The molecule has 0 aliphatic heterocycles. The molecule has 0 amide bonds. The van der Waals surface area contributed by atoms with E-state index in [4.69, 9.17) is 9.47 Å². The first-order chi connectivity index (χ1) is 14.1. The van der Waals surface area contributed by atoms with Crippen LogP contribution in [0.3, 0.4) is 0 Å². The number of benzene rings is 3. The van der Waals surface area contributed by atoms with E-state index < -0.39 is 11.9 Å². The second-order valence-corrected chi connectivity index (χ2v) is 6.11. The summed E-state index contributed by atoms with van der Waals surface area (Å²) < 4.78 is 11.2. The van der Waals surface area contributed by atoms with Gasteiger partial charge in [0.15, 0.2) is 0 Å². The van der Waals surface area contributed by atoms with Crippen molar-refractivity contribution in [1.82, 2.24) is 0 Å². The smallest absolute Gasteiger partial charge is 0.343 e. The van der Waals surface area contributed by atoms with Gasteiger partial charge in [0.1, 0.15) is 11.5 Å². The molecule has 0 radical (unpaired) electrons. The zero-order chi connectivity index (χ0) is 20.6. The molecule has 0 saturated heterocycles. The molecule has 0 bridgehead atoms. The van der Waals surface area contributed by atoms with Crippen LogP contribution in [0.1, 0.15) is 17.3 Å². The lowest BCUT2D eigenvalue weighted by molar-refractivity contribution is -0.129. The monoisotopic (exact) mass is 384 g/mol. The normalized spacial score (nSPS) is 11.4. The van der Waals surface area contributed by atoms with Gasteiger partial charge >= 0.3 is 11.9 Å². The highest BCUT2D eigenvalue weighted by Crippen LogP contribution is 2.35. The van der Waals surface area contributed by atoms with Gasteiger partial charge in [0.25, 0.3) is 0 Å². The summed E-state index contributed by atoms with van der Waals surface area (Å²) in [7, 11) is 0. The average molecular weight is 384 g/mol. The standard InChI is InChI=1S/C25H20O4/c1-3-5-11-18(4-2)24(26)28-21-16-9-14-19-15-10-17-22(23(19)21)29-25(27)20-12-7-6-8-13-20/h3-17H,2H2,1H3/b5-3-,18-11+. The molecule has 0 N–H and O–H groups in total. The van der Waals surface area contributed by atoms with E-state index in [1.54, 1.807) is 66.8 Å². The molecule has 0 heterocycles. The number of allylic oxidation sites excluding steroid dienone is 3. The number of carbonyl (C=O) groups excluding carboxylic acids is 2. The third-order valence-corrected chi connectivity index (χ3v) is 4.17. The van der Waals surface area contributed by atoms with Gasteiger partial charge in [-0.15, -0.1) is 0 Å². The predicted molar refractivity (Wildman–Crippen MR) is 114 cm³/mol. The molecule has 0 aliphatic rings. The van der Waals surface area contributed by atoms with Crippen LogP contribution in [0.4, 0.5) is 0 Å². The second-order valence-electron chi connectivity index (χ2n) is 6.11. The third kappa shape index (κ3) is 4.68. The Morgan fingerprint density at radius 3 is 2.14 bits per heavy atom. The topological polar surface area (TPSA) is 52.6 Å². The van der Waals surface area contributed by atoms with Crippen LogP contribution in [0.2, 0.25) is 0 Å². The summed E-state index contributed by atoms with van der Waals surface area (Å²) in [6.45, 7) is 5.50. The lowest BCUT2D eigenvalue weighted by Gasteiger charge is -2.12. The quantitative estimate of drug-likeness (QED) is 0.238. The Kier molecular flexibility index (Phi) is 6.38. The number of fused-ring (bicyclic) bond motifs is 1. The largest absolute Gasteiger partial charge is 0.422 e. The SMILES string of the molecule is C=C/C(=C\C=C/C)C(=O)Oc1cccc2cccc(OC(=O)c3ccccc3)c12. The number of carbonyl (C=O) groups is 2. The summed E-state index contributed by atoms with van der Waals surface area (Å²) >= 11 is 0. The minimum Gasteiger partial charge on any atom is -0.422 e. The van der Waals surface area contributed by atoms with Crippen LogP contribution in [0.15, 0.2) is 103 Å². The average Bonchev–Trinajstić information content (AvgIpc) is 2.75. The molecule has 0 unspecified atom stereocenters. The Balaban J connectivity index is 1.98. The van der Waals surface area contributed by atoms with Gasteiger partial charge < -0.3 is 9.47 Å². The Hall–Kier alpha value is -3.92. The molecule has 29 heavy (non-hydrogen) atoms. The third-order valence-electron chi connectivity index (χ3n) is 4.17. The highest BCUT2D eigenvalue weighted by atomic mass is 16.5. The zero-order valence-electron chi connectivity index (χ0n) is 16.0. The Morgan fingerprint density at radius 1 is 0.862 bits per heavy atom. The maximum atomic E-state index is 12.5. The Bertz CT molecular complexity index is 1100. The number of hydrogen-bond donors (Lipinski definition) is 0. The predicted octanol–water partition coefficient (Wildman–Crippen LogP) is 5.65. The highest BCUT2D eigenvalue weighted by Gasteiger charge is 2.16. The van der Waals surface area contributed by atoms with Crippen molar-refractivity contribution in [1.29, 1.82) is 0 Å². The first kappa shape index (κ1) is 19.8. The van der Waals surface area contributed by atoms with Crippen molar-refractivity contribution < 1.29 is 19.1 Å². The summed E-state index contributed by atoms with van der Waals surface area (Å²) in [6.07, 6.45) is 6.59. The molecule has 0 fully saturated rings. The molecular weight excluding hydrogens is 364 g/mol. The second kappa shape index (κ2) is 9.33. The van der Waals surface area contributed by atoms with Gasteiger partial charge in [-0.1, -0.05) is 67.3 Å². The van der Waals surface area contributed by atoms with E-state index >= 15 is 0 Å². The number of esters is 2. The lowest BCUT2D eigenvalue weighted by Crippen LogP contribution is -2.11. The fourth-order valence-corrected chi connectivity index (χ4v) is 2.75. The van der Waals surface area contributed by atoms with Crippen LogP contribution in [-0.4, -0.2) is 11.9 Å². The molecule has 4 nitrogen and oxygen atoms in total. The summed E-state index contributed by atoms with van der Waals surface area (Å²) in [5.74, 6) is -0.414. The molecule has 0 aromatic heterocycles. The fourth-order valence-electron chi connectivity index (χ4n) is 2.75. The molecule has 0 atom stereocenters. The highest BCUT2D eigenvalue weighted by molar-refractivity contribution is 6.01. The lowest BCUT2D eigenvalue weighted by atomic mass is 10.1. The number of rotatable bonds is 6. The summed E-state index contributed by atoms with van der Waals surface area (Å²) in [5.41, 5.74) is 0.751. The van der Waals surface area contributed by atoms with E-state index in [9.17, 15) is 9.59 Å². The van der Waals surface area contributed by atoms with Crippen molar-refractivity contribution >= 4 is 22.7 Å². The van der Waals surface area contributed by atoms with Gasteiger partial charge in [0.05, 0.1) is 16.5 Å². The molecule has 4 heteroatoms. The van der Waals surface area contributed by atoms with Gasteiger partial charge in [0.2, 0.25) is 0 Å². The first-order valence-electron chi connectivity index (χ1n) is 9.10. The van der Waals surface area contributed by atoms with Crippen LogP contribution in [0.5, 0.6) is 11.5 Å². The van der Waals surface area contributed by atoms with Crippen LogP contribution >= 0.6 is 0 Å². The van der Waals surface area contributed by atoms with Crippen LogP contribution in [-0.2, 0) is 4.79 Å². The molecule has 3 aromatic carbocycles. The van der Waals surface area contributed by atoms with E-state index in [2.05, 4.69) is 6.58 Å². The van der Waals surface area contributed by atoms with E-state index in [0.717, 1.165) is 5.39 Å². The van der Waals surface area contributed by atoms with E-state index in [1.165, 1.54) is 6.08 Å². The summed E-state index contributed by atoms with van der Waals surface area (Å²) in [6, 6.07) is 19.3. The van der Waals surface area contributed by atoms with Gasteiger partial charge in [-0.2, -0.15) is 0 Å². The van der Waals surface area contributed by atoms with Gasteiger partial charge in [-0.25, -0.2) is 9.59 Å². The van der Waals surface area contributed by atoms with Crippen molar-refractivity contribution in [2.24, 2.45) is 0 Å². The number of hydrogen-bond acceptors (Lipinski definition) is 4. The van der Waals surface area contributed by atoms with Crippen LogP contribution in [0.25, 0.3) is 10.8 Å². The van der Waals surface area contributed by atoms with E-state index in [0.29, 0.717) is 28.0 Å². The fraction of sp³-hybridized carbons (Fsp3) is 0.0400.